The van der Waals surface area contributed by atoms with Gasteiger partial charge in [-0.2, -0.15) is 0 Å². The van der Waals surface area contributed by atoms with Gasteiger partial charge in [-0.15, -0.1) is 0 Å². The third-order valence-corrected chi connectivity index (χ3v) is 3.88. The molecule has 0 spiro atoms. The average Bonchev–Trinajstić information content (AvgIpc) is 2.55. The molecule has 2 aromatic carbocycles. The highest BCUT2D eigenvalue weighted by Gasteiger charge is 1.97. The Hall–Kier alpha value is -2.28. The van der Waals surface area contributed by atoms with E-state index in [9.17, 15) is 0 Å². The van der Waals surface area contributed by atoms with E-state index in [1.807, 2.05) is 12.2 Å². The molecular formula is C22H26O. The highest BCUT2D eigenvalue weighted by molar-refractivity contribution is 5.51. The van der Waals surface area contributed by atoms with Crippen molar-refractivity contribution in [2.45, 2.75) is 39.5 Å². The van der Waals surface area contributed by atoms with Crippen molar-refractivity contribution >= 4 is 12.2 Å². The predicted octanol–water partition coefficient (Wildman–Crippen LogP) is 6.59. The van der Waals surface area contributed by atoms with E-state index < -0.39 is 0 Å². The molecule has 0 bridgehead atoms. The minimum atomic E-state index is 0.564. The number of benzene rings is 2. The number of hydrogen-bond donors (Lipinski definition) is 0. The monoisotopic (exact) mass is 306 g/mol. The van der Waals surface area contributed by atoms with Crippen LogP contribution in [0.4, 0.5) is 0 Å². The van der Waals surface area contributed by atoms with Crippen molar-refractivity contribution in [2.24, 2.45) is 0 Å². The molecule has 23 heavy (non-hydrogen) atoms. The van der Waals surface area contributed by atoms with Gasteiger partial charge >= 0.3 is 0 Å². The van der Waals surface area contributed by atoms with Crippen molar-refractivity contribution in [3.8, 4) is 0 Å². The average molecular weight is 306 g/mol. The fourth-order valence-corrected chi connectivity index (χ4v) is 2.27. The van der Waals surface area contributed by atoms with Gasteiger partial charge in [0, 0.05) is 0 Å². The molecular weight excluding hydrogens is 280 g/mol. The molecule has 0 aromatic heterocycles. The Bertz CT molecular complexity index is 584. The van der Waals surface area contributed by atoms with Crippen molar-refractivity contribution < 1.29 is 4.74 Å². The Morgan fingerprint density at radius 1 is 0.609 bits per heavy atom. The van der Waals surface area contributed by atoms with Crippen LogP contribution in [-0.2, 0) is 4.74 Å². The van der Waals surface area contributed by atoms with E-state index >= 15 is 0 Å². The van der Waals surface area contributed by atoms with Gasteiger partial charge < -0.3 is 4.74 Å². The molecule has 0 saturated heterocycles. The summed E-state index contributed by atoms with van der Waals surface area (Å²) in [6.07, 6.45) is 7.36. The zero-order valence-electron chi connectivity index (χ0n) is 14.5. The lowest BCUT2D eigenvalue weighted by atomic mass is 10.0. The first-order valence-electron chi connectivity index (χ1n) is 8.24. The summed E-state index contributed by atoms with van der Waals surface area (Å²) in [6.45, 7) is 8.80. The van der Waals surface area contributed by atoms with Gasteiger partial charge in [0.15, 0.2) is 0 Å². The zero-order valence-corrected chi connectivity index (χ0v) is 14.5. The molecule has 1 heteroatoms. The summed E-state index contributed by atoms with van der Waals surface area (Å²) < 4.78 is 5.44. The molecule has 120 valence electrons. The molecule has 2 aromatic rings. The molecule has 0 radical (unpaired) electrons. The SMILES string of the molecule is CC(C)c1ccc(C=COC=Cc2ccc(C(C)C)cc2)cc1. The fourth-order valence-electron chi connectivity index (χ4n) is 2.27. The molecule has 0 aliphatic rings. The Balaban J connectivity index is 1.86. The van der Waals surface area contributed by atoms with Gasteiger partial charge in [0.2, 0.25) is 0 Å². The summed E-state index contributed by atoms with van der Waals surface area (Å²) in [5, 5.41) is 0. The molecule has 2 rings (SSSR count). The second-order valence-corrected chi connectivity index (χ2v) is 6.38. The van der Waals surface area contributed by atoms with Gasteiger partial charge in [-0.1, -0.05) is 76.2 Å². The van der Waals surface area contributed by atoms with Crippen LogP contribution < -0.4 is 0 Å². The van der Waals surface area contributed by atoms with E-state index in [1.54, 1.807) is 12.5 Å². The van der Waals surface area contributed by atoms with Gasteiger partial charge in [-0.3, -0.25) is 0 Å². The highest BCUT2D eigenvalue weighted by atomic mass is 16.5. The summed E-state index contributed by atoms with van der Waals surface area (Å²) in [7, 11) is 0. The second kappa shape index (κ2) is 8.38. The van der Waals surface area contributed by atoms with Crippen LogP contribution in [0.1, 0.15) is 61.8 Å². The molecule has 0 N–H and O–H groups in total. The van der Waals surface area contributed by atoms with Crippen LogP contribution in [0.3, 0.4) is 0 Å². The number of hydrogen-bond acceptors (Lipinski definition) is 1. The van der Waals surface area contributed by atoms with Crippen molar-refractivity contribution in [2.75, 3.05) is 0 Å². The van der Waals surface area contributed by atoms with Crippen LogP contribution in [-0.4, -0.2) is 0 Å². The molecule has 0 heterocycles. The molecule has 0 saturated carbocycles. The highest BCUT2D eigenvalue weighted by Crippen LogP contribution is 2.16. The smallest absolute Gasteiger partial charge is 0.0907 e. The maximum atomic E-state index is 5.44. The minimum Gasteiger partial charge on any atom is -0.473 e. The van der Waals surface area contributed by atoms with Gasteiger partial charge in [0.1, 0.15) is 0 Å². The first-order valence-corrected chi connectivity index (χ1v) is 8.24. The van der Waals surface area contributed by atoms with Crippen LogP contribution in [0.2, 0.25) is 0 Å². The Morgan fingerprint density at radius 3 is 1.26 bits per heavy atom. The largest absolute Gasteiger partial charge is 0.473 e. The van der Waals surface area contributed by atoms with E-state index in [2.05, 4.69) is 76.2 Å². The summed E-state index contributed by atoms with van der Waals surface area (Å²) >= 11 is 0. The maximum Gasteiger partial charge on any atom is 0.0907 e. The third kappa shape index (κ3) is 5.45. The van der Waals surface area contributed by atoms with E-state index in [0.717, 1.165) is 11.1 Å². The topological polar surface area (TPSA) is 9.23 Å². The predicted molar refractivity (Wildman–Crippen MR) is 100 cm³/mol. The summed E-state index contributed by atoms with van der Waals surface area (Å²) in [5.74, 6) is 1.13. The normalized spacial score (nSPS) is 11.9. The van der Waals surface area contributed by atoms with E-state index in [0.29, 0.717) is 11.8 Å². The van der Waals surface area contributed by atoms with Crippen LogP contribution >= 0.6 is 0 Å². The van der Waals surface area contributed by atoms with Crippen LogP contribution in [0.25, 0.3) is 12.2 Å². The van der Waals surface area contributed by atoms with Crippen molar-refractivity contribution in [1.29, 1.82) is 0 Å². The van der Waals surface area contributed by atoms with Gasteiger partial charge in [0.25, 0.3) is 0 Å². The summed E-state index contributed by atoms with van der Waals surface area (Å²) in [5.41, 5.74) is 4.99. The summed E-state index contributed by atoms with van der Waals surface area (Å²) in [4.78, 5) is 0. The minimum absolute atomic E-state index is 0.564. The van der Waals surface area contributed by atoms with E-state index in [1.165, 1.54) is 11.1 Å². The third-order valence-electron chi connectivity index (χ3n) is 3.88. The molecule has 1 nitrogen and oxygen atoms in total. The summed E-state index contributed by atoms with van der Waals surface area (Å²) in [6, 6.07) is 17.1. The number of ether oxygens (including phenoxy) is 1. The maximum absolute atomic E-state index is 5.44. The van der Waals surface area contributed by atoms with Crippen LogP contribution in [0, 0.1) is 0 Å². The Kier molecular flexibility index (Phi) is 6.22. The molecule has 0 aliphatic carbocycles. The standard InChI is InChI=1S/C22H26O/c1-17(2)21-9-5-19(6-10-21)13-15-23-16-14-20-7-11-22(12-8-20)18(3)4/h5-18H,1-4H3. The van der Waals surface area contributed by atoms with Crippen molar-refractivity contribution in [3.63, 3.8) is 0 Å². The van der Waals surface area contributed by atoms with Crippen LogP contribution in [0.15, 0.2) is 61.1 Å². The van der Waals surface area contributed by atoms with Crippen molar-refractivity contribution in [3.05, 3.63) is 83.3 Å². The Morgan fingerprint density at radius 2 is 0.957 bits per heavy atom. The molecule has 0 unspecified atom stereocenters. The fraction of sp³-hybridized carbons (Fsp3) is 0.273. The molecule has 0 amide bonds. The lowest BCUT2D eigenvalue weighted by molar-refractivity contribution is 0.410. The second-order valence-electron chi connectivity index (χ2n) is 6.38. The van der Waals surface area contributed by atoms with Gasteiger partial charge in [-0.25, -0.2) is 0 Å². The molecule has 0 aliphatic heterocycles. The molecule has 0 fully saturated rings. The Labute approximate surface area is 140 Å². The lowest BCUT2D eigenvalue weighted by Gasteiger charge is -2.04. The molecule has 0 atom stereocenters. The first-order chi connectivity index (χ1) is 11.1. The van der Waals surface area contributed by atoms with Crippen molar-refractivity contribution in [1.82, 2.24) is 0 Å². The first kappa shape index (κ1) is 17.1. The van der Waals surface area contributed by atoms with E-state index in [-0.39, 0.29) is 0 Å². The number of rotatable bonds is 6. The van der Waals surface area contributed by atoms with E-state index in [4.69, 9.17) is 4.74 Å². The van der Waals surface area contributed by atoms with Gasteiger partial charge in [-0.05, 0) is 46.2 Å². The lowest BCUT2D eigenvalue weighted by Crippen LogP contribution is -1.86. The quantitative estimate of drug-likeness (QED) is 0.547. The van der Waals surface area contributed by atoms with Gasteiger partial charge in [0.05, 0.1) is 12.5 Å². The van der Waals surface area contributed by atoms with Crippen LogP contribution in [0.5, 0.6) is 0 Å². The zero-order chi connectivity index (χ0) is 16.7.